The lowest BCUT2D eigenvalue weighted by molar-refractivity contribution is -0.141. The molecule has 0 spiro atoms. The lowest BCUT2D eigenvalue weighted by atomic mass is 10.3. The summed E-state index contributed by atoms with van der Waals surface area (Å²) in [7, 11) is 1.33. The van der Waals surface area contributed by atoms with E-state index in [9.17, 15) is 22.4 Å². The number of ether oxygens (including phenoxy) is 1. The van der Waals surface area contributed by atoms with Gasteiger partial charge in [0.25, 0.3) is 0 Å². The summed E-state index contributed by atoms with van der Waals surface area (Å²) in [6.45, 7) is -0.378. The van der Waals surface area contributed by atoms with Crippen LogP contribution in [0.25, 0.3) is 0 Å². The molecule has 3 aromatic rings. The fraction of sp³-hybridized carbons (Fsp3) is 0.176. The van der Waals surface area contributed by atoms with Crippen molar-refractivity contribution in [1.82, 2.24) is 25.1 Å². The number of aromatic nitrogens is 5. The third kappa shape index (κ3) is 5.01. The van der Waals surface area contributed by atoms with Crippen LogP contribution in [0.4, 0.5) is 33.9 Å². The molecule has 0 aromatic carbocycles. The zero-order valence-electron chi connectivity index (χ0n) is 15.6. The van der Waals surface area contributed by atoms with Crippen molar-refractivity contribution in [2.75, 3.05) is 17.3 Å². The van der Waals surface area contributed by atoms with Crippen LogP contribution in [0, 0.1) is 17.1 Å². The van der Waals surface area contributed by atoms with Gasteiger partial charge in [-0.25, -0.2) is 24.1 Å². The van der Waals surface area contributed by atoms with Crippen LogP contribution < -0.4 is 15.0 Å². The minimum absolute atomic E-state index is 0.00358. The number of nitriles is 1. The molecule has 0 fully saturated rings. The van der Waals surface area contributed by atoms with Gasteiger partial charge in [-0.05, 0) is 6.07 Å². The van der Waals surface area contributed by atoms with Crippen LogP contribution in [-0.4, -0.2) is 38.3 Å². The Kier molecular flexibility index (Phi) is 5.95. The number of nitrogens with one attached hydrogen (secondary N) is 2. The summed E-state index contributed by atoms with van der Waals surface area (Å²) in [4.78, 5) is 25.2. The van der Waals surface area contributed by atoms with Crippen LogP contribution in [0.3, 0.4) is 0 Å². The number of alkyl halides is 3. The van der Waals surface area contributed by atoms with Crippen LogP contribution >= 0.6 is 0 Å². The van der Waals surface area contributed by atoms with E-state index in [-0.39, 0.29) is 35.3 Å². The minimum Gasteiger partial charge on any atom is -0.467 e. The number of nitrogens with zero attached hydrogens (tertiary/aromatic N) is 6. The molecule has 3 heterocycles. The fourth-order valence-corrected chi connectivity index (χ4v) is 2.36. The normalized spacial score (nSPS) is 11.0. The van der Waals surface area contributed by atoms with Crippen molar-refractivity contribution < 1.29 is 27.1 Å². The van der Waals surface area contributed by atoms with E-state index >= 15 is 0 Å². The Morgan fingerprint density at radius 2 is 1.97 bits per heavy atom. The van der Waals surface area contributed by atoms with Crippen molar-refractivity contribution in [3.8, 4) is 12.1 Å². The molecule has 0 aliphatic heterocycles. The number of pyridine rings is 1. The molecule has 160 valence electrons. The molecule has 31 heavy (non-hydrogen) atoms. The van der Waals surface area contributed by atoms with Gasteiger partial charge in [0.2, 0.25) is 0 Å². The molecule has 0 unspecified atom stereocenters. The SMILES string of the molecule is COc1ncc(N(Cc2cc(C(F)(F)F)n[nH]2)C(=O)Nc2cc(C#N)c(F)cn2)cn1. The Hall–Kier alpha value is -4.28. The maximum atomic E-state index is 13.4. The Morgan fingerprint density at radius 3 is 2.55 bits per heavy atom. The highest BCUT2D eigenvalue weighted by molar-refractivity contribution is 6.00. The monoisotopic (exact) mass is 436 g/mol. The maximum absolute atomic E-state index is 13.4. The van der Waals surface area contributed by atoms with Crippen molar-refractivity contribution in [2.45, 2.75) is 12.7 Å². The van der Waals surface area contributed by atoms with Gasteiger partial charge in [-0.3, -0.25) is 15.3 Å². The van der Waals surface area contributed by atoms with E-state index in [1.807, 2.05) is 0 Å². The van der Waals surface area contributed by atoms with Crippen molar-refractivity contribution in [3.63, 3.8) is 0 Å². The van der Waals surface area contributed by atoms with Gasteiger partial charge in [-0.15, -0.1) is 0 Å². The molecule has 0 aliphatic rings. The van der Waals surface area contributed by atoms with E-state index in [2.05, 4.69) is 30.5 Å². The first kappa shape index (κ1) is 21.4. The number of amides is 2. The third-order valence-corrected chi connectivity index (χ3v) is 3.81. The Morgan fingerprint density at radius 1 is 1.26 bits per heavy atom. The van der Waals surface area contributed by atoms with Gasteiger partial charge in [-0.2, -0.15) is 23.5 Å². The third-order valence-electron chi connectivity index (χ3n) is 3.81. The largest absolute Gasteiger partial charge is 0.467 e. The number of hydrogen-bond donors (Lipinski definition) is 2. The Labute approximate surface area is 171 Å². The highest BCUT2D eigenvalue weighted by Crippen LogP contribution is 2.28. The van der Waals surface area contributed by atoms with Gasteiger partial charge in [0.05, 0.1) is 49.2 Å². The average Bonchev–Trinajstić information content (AvgIpc) is 3.23. The van der Waals surface area contributed by atoms with Gasteiger partial charge in [0.1, 0.15) is 11.9 Å². The molecule has 0 atom stereocenters. The zero-order chi connectivity index (χ0) is 22.6. The first-order valence-electron chi connectivity index (χ1n) is 8.33. The van der Waals surface area contributed by atoms with Gasteiger partial charge in [0, 0.05) is 6.07 Å². The summed E-state index contributed by atoms with van der Waals surface area (Å²) < 4.78 is 56.8. The number of urea groups is 1. The van der Waals surface area contributed by atoms with E-state index in [0.717, 1.165) is 23.2 Å². The van der Waals surface area contributed by atoms with Gasteiger partial charge in [-0.1, -0.05) is 0 Å². The molecule has 0 saturated heterocycles. The molecule has 0 saturated carbocycles. The highest BCUT2D eigenvalue weighted by atomic mass is 19.4. The summed E-state index contributed by atoms with van der Waals surface area (Å²) in [5, 5.41) is 16.6. The van der Waals surface area contributed by atoms with Crippen LogP contribution in [0.1, 0.15) is 17.0 Å². The second-order valence-corrected chi connectivity index (χ2v) is 5.88. The number of carbonyl (C=O) groups excluding carboxylic acids is 1. The number of rotatable bonds is 5. The van der Waals surface area contributed by atoms with Crippen molar-refractivity contribution in [3.05, 3.63) is 53.5 Å². The molecule has 0 radical (unpaired) electrons. The van der Waals surface area contributed by atoms with Crippen LogP contribution in [0.5, 0.6) is 6.01 Å². The predicted octanol–water partition coefficient (Wildman–Crippen LogP) is 2.87. The molecule has 2 amide bonds. The molecule has 3 aromatic heterocycles. The highest BCUT2D eigenvalue weighted by Gasteiger charge is 2.34. The number of H-pyrrole nitrogens is 1. The quantitative estimate of drug-likeness (QED) is 0.588. The summed E-state index contributed by atoms with van der Waals surface area (Å²) in [5.41, 5.74) is -1.45. The smallest absolute Gasteiger partial charge is 0.435 e. The van der Waals surface area contributed by atoms with E-state index in [1.165, 1.54) is 19.5 Å². The Balaban J connectivity index is 1.90. The number of anilines is 2. The molecule has 10 nitrogen and oxygen atoms in total. The molecule has 2 N–H and O–H groups in total. The molecule has 0 aliphatic carbocycles. The van der Waals surface area contributed by atoms with Gasteiger partial charge < -0.3 is 4.74 Å². The molecular weight excluding hydrogens is 424 g/mol. The molecule has 3 rings (SSSR count). The Bertz CT molecular complexity index is 1120. The van der Waals surface area contributed by atoms with E-state index in [1.54, 1.807) is 6.07 Å². The van der Waals surface area contributed by atoms with Crippen LogP contribution in [0.2, 0.25) is 0 Å². The average molecular weight is 436 g/mol. The van der Waals surface area contributed by atoms with Crippen LogP contribution in [0.15, 0.2) is 30.7 Å². The number of hydrogen-bond acceptors (Lipinski definition) is 7. The summed E-state index contributed by atoms with van der Waals surface area (Å²) in [5.74, 6) is -1.03. The first-order valence-corrected chi connectivity index (χ1v) is 8.33. The first-order chi connectivity index (χ1) is 14.7. The zero-order valence-corrected chi connectivity index (χ0v) is 15.6. The van der Waals surface area contributed by atoms with Crippen molar-refractivity contribution >= 4 is 17.5 Å². The van der Waals surface area contributed by atoms with E-state index in [4.69, 9.17) is 10.00 Å². The standard InChI is InChI=1S/C17H12F4N8O2/c1-31-15-24-5-11(6-25-15)29(8-10-3-13(28-27-10)17(19,20)21)16(30)26-14-2-9(4-22)12(18)7-23-14/h2-3,5-7H,8H2,1H3,(H,27,28)(H,23,26,30). The summed E-state index contributed by atoms with van der Waals surface area (Å²) in [6, 6.07) is 2.50. The number of carbonyl (C=O) groups is 1. The molecule has 0 bridgehead atoms. The van der Waals surface area contributed by atoms with Crippen molar-refractivity contribution in [1.29, 1.82) is 5.26 Å². The summed E-state index contributed by atoms with van der Waals surface area (Å²) in [6.07, 6.45) is -1.49. The lowest BCUT2D eigenvalue weighted by Crippen LogP contribution is -2.35. The minimum atomic E-state index is -4.67. The topological polar surface area (TPSA) is 133 Å². The second-order valence-electron chi connectivity index (χ2n) is 5.88. The van der Waals surface area contributed by atoms with Crippen LogP contribution in [-0.2, 0) is 12.7 Å². The fourth-order valence-electron chi connectivity index (χ4n) is 2.36. The summed E-state index contributed by atoms with van der Waals surface area (Å²) >= 11 is 0. The van der Waals surface area contributed by atoms with Crippen molar-refractivity contribution in [2.24, 2.45) is 0 Å². The molecule has 14 heteroatoms. The second kappa shape index (κ2) is 8.61. The van der Waals surface area contributed by atoms with Gasteiger partial charge >= 0.3 is 18.2 Å². The predicted molar refractivity (Wildman–Crippen MR) is 96.3 cm³/mol. The lowest BCUT2D eigenvalue weighted by Gasteiger charge is -2.21. The number of methoxy groups -OCH3 is 1. The van der Waals surface area contributed by atoms with E-state index < -0.39 is 23.7 Å². The molecular formula is C17H12F4N8O2. The number of halogens is 4. The van der Waals surface area contributed by atoms with E-state index in [0.29, 0.717) is 0 Å². The van der Waals surface area contributed by atoms with Gasteiger partial charge in [0.15, 0.2) is 11.5 Å². The maximum Gasteiger partial charge on any atom is 0.435 e. The number of aromatic amines is 1.